The van der Waals surface area contributed by atoms with E-state index in [2.05, 4.69) is 15.9 Å². The van der Waals surface area contributed by atoms with Crippen molar-refractivity contribution in [2.24, 2.45) is 0 Å². The van der Waals surface area contributed by atoms with Crippen LogP contribution in [0.4, 0.5) is 5.69 Å². The average Bonchev–Trinajstić information content (AvgIpc) is 2.34. The number of carboxylic acids is 1. The van der Waals surface area contributed by atoms with E-state index in [0.29, 0.717) is 20.9 Å². The van der Waals surface area contributed by atoms with Gasteiger partial charge in [0.2, 0.25) is 0 Å². The third kappa shape index (κ3) is 3.19. The second kappa shape index (κ2) is 5.50. The van der Waals surface area contributed by atoms with Crippen molar-refractivity contribution in [3.05, 3.63) is 51.5 Å². The highest BCUT2D eigenvalue weighted by Crippen LogP contribution is 2.34. The quantitative estimate of drug-likeness (QED) is 0.821. The van der Waals surface area contributed by atoms with Gasteiger partial charge in [-0.25, -0.2) is 4.79 Å². The molecule has 0 unspecified atom stereocenters. The van der Waals surface area contributed by atoms with Gasteiger partial charge >= 0.3 is 5.97 Å². The minimum absolute atomic E-state index is 0.106. The minimum Gasteiger partial charge on any atom is -0.478 e. The summed E-state index contributed by atoms with van der Waals surface area (Å²) in [6, 6.07) is 9.29. The fourth-order valence-corrected chi connectivity index (χ4v) is 2.20. The summed E-state index contributed by atoms with van der Waals surface area (Å²) in [6.07, 6.45) is 0. The van der Waals surface area contributed by atoms with Crippen LogP contribution in [0.2, 0.25) is 5.02 Å². The SMILES string of the molecule is Nc1ccc(C(=O)O)cc1Oc1ccc(Cl)cc1Br. The lowest BCUT2D eigenvalue weighted by atomic mass is 10.2. The number of benzene rings is 2. The third-order valence-electron chi connectivity index (χ3n) is 2.37. The number of aromatic carboxylic acids is 1. The van der Waals surface area contributed by atoms with Gasteiger partial charge in [0.1, 0.15) is 5.75 Å². The highest BCUT2D eigenvalue weighted by Gasteiger charge is 2.10. The number of rotatable bonds is 3. The van der Waals surface area contributed by atoms with Crippen molar-refractivity contribution in [3.8, 4) is 11.5 Å². The number of nitrogen functional groups attached to an aromatic ring is 1. The molecule has 0 bridgehead atoms. The molecule has 2 aromatic rings. The molecule has 0 fully saturated rings. The van der Waals surface area contributed by atoms with Gasteiger partial charge in [-0.05, 0) is 52.3 Å². The Morgan fingerprint density at radius 2 is 1.95 bits per heavy atom. The number of carboxylic acid groups (broad SMARTS) is 1. The number of hydrogen-bond acceptors (Lipinski definition) is 3. The summed E-state index contributed by atoms with van der Waals surface area (Å²) in [5, 5.41) is 9.50. The molecular formula is C13H9BrClNO3. The summed E-state index contributed by atoms with van der Waals surface area (Å²) < 4.78 is 6.24. The topological polar surface area (TPSA) is 72.6 Å². The van der Waals surface area contributed by atoms with E-state index in [4.69, 9.17) is 27.2 Å². The Bertz CT molecular complexity index is 646. The molecule has 0 amide bonds. The summed E-state index contributed by atoms with van der Waals surface area (Å²) in [7, 11) is 0. The molecular weight excluding hydrogens is 334 g/mol. The lowest BCUT2D eigenvalue weighted by Crippen LogP contribution is -1.99. The van der Waals surface area contributed by atoms with Crippen LogP contribution < -0.4 is 10.5 Å². The van der Waals surface area contributed by atoms with E-state index in [-0.39, 0.29) is 11.3 Å². The zero-order valence-corrected chi connectivity index (χ0v) is 11.9. The molecule has 0 aromatic heterocycles. The number of hydrogen-bond donors (Lipinski definition) is 2. The number of nitrogens with two attached hydrogens (primary N) is 1. The van der Waals surface area contributed by atoms with Crippen LogP contribution in [0.15, 0.2) is 40.9 Å². The zero-order valence-electron chi connectivity index (χ0n) is 9.56. The monoisotopic (exact) mass is 341 g/mol. The van der Waals surface area contributed by atoms with Crippen molar-refractivity contribution in [3.63, 3.8) is 0 Å². The van der Waals surface area contributed by atoms with Gasteiger partial charge in [-0.15, -0.1) is 0 Å². The normalized spacial score (nSPS) is 10.2. The molecule has 98 valence electrons. The van der Waals surface area contributed by atoms with Gasteiger partial charge < -0.3 is 15.6 Å². The van der Waals surface area contributed by atoms with Crippen molar-refractivity contribution in [2.75, 3.05) is 5.73 Å². The summed E-state index contributed by atoms with van der Waals surface area (Å²) in [5.41, 5.74) is 6.22. The molecule has 4 nitrogen and oxygen atoms in total. The molecule has 0 saturated carbocycles. The van der Waals surface area contributed by atoms with Crippen LogP contribution in [-0.2, 0) is 0 Å². The Hall–Kier alpha value is -1.72. The van der Waals surface area contributed by atoms with Gasteiger partial charge in [-0.1, -0.05) is 11.6 Å². The molecule has 2 aromatic carbocycles. The highest BCUT2D eigenvalue weighted by molar-refractivity contribution is 9.10. The van der Waals surface area contributed by atoms with Crippen LogP contribution in [-0.4, -0.2) is 11.1 Å². The number of anilines is 1. The number of carbonyl (C=O) groups is 1. The van der Waals surface area contributed by atoms with Gasteiger partial charge in [0.25, 0.3) is 0 Å². The van der Waals surface area contributed by atoms with E-state index in [9.17, 15) is 4.79 Å². The number of halogens is 2. The Morgan fingerprint density at radius 1 is 1.21 bits per heavy atom. The zero-order chi connectivity index (χ0) is 14.0. The largest absolute Gasteiger partial charge is 0.478 e. The van der Waals surface area contributed by atoms with Crippen molar-refractivity contribution >= 4 is 39.2 Å². The first-order valence-electron chi connectivity index (χ1n) is 5.23. The van der Waals surface area contributed by atoms with Gasteiger partial charge in [-0.3, -0.25) is 0 Å². The van der Waals surface area contributed by atoms with Gasteiger partial charge in [0.05, 0.1) is 15.7 Å². The molecule has 0 aliphatic rings. The first-order chi connectivity index (χ1) is 8.97. The Labute approximate surface area is 122 Å². The standard InChI is InChI=1S/C13H9BrClNO3/c14-9-6-8(15)2-4-11(9)19-12-5-7(13(17)18)1-3-10(12)16/h1-6H,16H2,(H,17,18). The second-order valence-electron chi connectivity index (χ2n) is 3.73. The van der Waals surface area contributed by atoms with E-state index in [1.165, 1.54) is 18.2 Å². The van der Waals surface area contributed by atoms with Crippen LogP contribution in [0.1, 0.15) is 10.4 Å². The second-order valence-corrected chi connectivity index (χ2v) is 5.03. The smallest absolute Gasteiger partial charge is 0.335 e. The first-order valence-corrected chi connectivity index (χ1v) is 6.40. The highest BCUT2D eigenvalue weighted by atomic mass is 79.9. The molecule has 3 N–H and O–H groups in total. The third-order valence-corrected chi connectivity index (χ3v) is 3.23. The fraction of sp³-hybridized carbons (Fsp3) is 0. The van der Waals surface area contributed by atoms with Crippen LogP contribution in [0.3, 0.4) is 0 Å². The summed E-state index contributed by atoms with van der Waals surface area (Å²) in [6.45, 7) is 0. The molecule has 0 aliphatic heterocycles. The summed E-state index contributed by atoms with van der Waals surface area (Å²) in [5.74, 6) is -0.262. The maximum absolute atomic E-state index is 10.9. The maximum atomic E-state index is 10.9. The van der Waals surface area contributed by atoms with Gasteiger partial charge in [0.15, 0.2) is 5.75 Å². The number of ether oxygens (including phenoxy) is 1. The van der Waals surface area contributed by atoms with Crippen molar-refractivity contribution < 1.29 is 14.6 Å². The molecule has 0 aliphatic carbocycles. The molecule has 0 atom stereocenters. The van der Waals surface area contributed by atoms with Crippen molar-refractivity contribution in [2.45, 2.75) is 0 Å². The van der Waals surface area contributed by atoms with E-state index in [1.54, 1.807) is 18.2 Å². The van der Waals surface area contributed by atoms with E-state index in [0.717, 1.165) is 0 Å². The molecule has 6 heteroatoms. The lowest BCUT2D eigenvalue weighted by Gasteiger charge is -2.10. The van der Waals surface area contributed by atoms with Gasteiger partial charge in [0, 0.05) is 5.02 Å². The molecule has 0 radical (unpaired) electrons. The van der Waals surface area contributed by atoms with Crippen LogP contribution >= 0.6 is 27.5 Å². The predicted molar refractivity (Wildman–Crippen MR) is 77.0 cm³/mol. The first kappa shape index (κ1) is 13.7. The average molecular weight is 343 g/mol. The summed E-state index contributed by atoms with van der Waals surface area (Å²) in [4.78, 5) is 10.9. The van der Waals surface area contributed by atoms with Crippen molar-refractivity contribution in [1.29, 1.82) is 0 Å². The molecule has 0 saturated heterocycles. The molecule has 0 heterocycles. The molecule has 0 spiro atoms. The predicted octanol–water partition coefficient (Wildman–Crippen LogP) is 4.18. The Balaban J connectivity index is 2.37. The minimum atomic E-state index is -1.04. The van der Waals surface area contributed by atoms with Crippen LogP contribution in [0.25, 0.3) is 0 Å². The summed E-state index contributed by atoms with van der Waals surface area (Å²) >= 11 is 9.14. The molecule has 2 rings (SSSR count). The van der Waals surface area contributed by atoms with E-state index >= 15 is 0 Å². The van der Waals surface area contributed by atoms with Crippen LogP contribution in [0.5, 0.6) is 11.5 Å². The van der Waals surface area contributed by atoms with Crippen LogP contribution in [0, 0.1) is 0 Å². The van der Waals surface area contributed by atoms with E-state index in [1.807, 2.05) is 0 Å². The van der Waals surface area contributed by atoms with E-state index < -0.39 is 5.97 Å². The van der Waals surface area contributed by atoms with Gasteiger partial charge in [-0.2, -0.15) is 0 Å². The molecule has 19 heavy (non-hydrogen) atoms. The Morgan fingerprint density at radius 3 is 2.58 bits per heavy atom. The lowest BCUT2D eigenvalue weighted by molar-refractivity contribution is 0.0696. The maximum Gasteiger partial charge on any atom is 0.335 e. The van der Waals surface area contributed by atoms with Crippen molar-refractivity contribution in [1.82, 2.24) is 0 Å². The Kier molecular flexibility index (Phi) is 3.97. The fourth-order valence-electron chi connectivity index (χ4n) is 1.43.